The van der Waals surface area contributed by atoms with E-state index in [2.05, 4.69) is 154 Å². The van der Waals surface area contributed by atoms with Crippen LogP contribution >= 0.6 is 0 Å². The van der Waals surface area contributed by atoms with Gasteiger partial charge in [0.25, 0.3) is 0 Å². The molecule has 0 N–H and O–H groups in total. The normalized spacial score (nSPS) is 18.8. The summed E-state index contributed by atoms with van der Waals surface area (Å²) in [4.78, 5) is 0. The summed E-state index contributed by atoms with van der Waals surface area (Å²) in [7, 11) is 0. The molecule has 3 heteroatoms. The monoisotopic (exact) mass is 653 g/mol. The highest BCUT2D eigenvalue weighted by Crippen LogP contribution is 2.50. The first-order valence-corrected chi connectivity index (χ1v) is 18.0. The number of rotatable bonds is 3. The zero-order chi connectivity index (χ0) is 34.1. The van der Waals surface area contributed by atoms with Crippen molar-refractivity contribution >= 4 is 33.0 Å². The number of hydrogen-bond donors (Lipinski definition) is 0. The van der Waals surface area contributed by atoms with Crippen LogP contribution in [-0.4, -0.2) is 10.7 Å². The van der Waals surface area contributed by atoms with Gasteiger partial charge in [0.2, 0.25) is 5.71 Å². The van der Waals surface area contributed by atoms with Crippen molar-refractivity contribution in [2.45, 2.75) is 66.0 Å². The summed E-state index contributed by atoms with van der Waals surface area (Å²) < 4.78 is 15.5. The Morgan fingerprint density at radius 1 is 0.680 bits per heavy atom. The molecule has 2 aromatic heterocycles. The molecule has 0 saturated heterocycles. The lowest BCUT2D eigenvalue weighted by Gasteiger charge is -2.17. The van der Waals surface area contributed by atoms with Crippen LogP contribution in [0.3, 0.4) is 0 Å². The van der Waals surface area contributed by atoms with E-state index in [9.17, 15) is 0 Å². The first kappa shape index (κ1) is 30.8. The first-order valence-electron chi connectivity index (χ1n) is 18.0. The second-order valence-electron chi connectivity index (χ2n) is 14.9. The van der Waals surface area contributed by atoms with Crippen molar-refractivity contribution in [3.63, 3.8) is 0 Å². The van der Waals surface area contributed by atoms with Gasteiger partial charge < -0.3 is 13.7 Å². The van der Waals surface area contributed by atoms with E-state index >= 15 is 0 Å². The molecule has 3 nitrogen and oxygen atoms in total. The Morgan fingerprint density at radius 2 is 1.40 bits per heavy atom. The zero-order valence-corrected chi connectivity index (χ0v) is 29.6. The number of aromatic nitrogens is 1. The number of furan rings is 1. The minimum Gasteiger partial charge on any atom is -0.489 e. The van der Waals surface area contributed by atoms with Crippen molar-refractivity contribution in [1.29, 1.82) is 0 Å². The van der Waals surface area contributed by atoms with Crippen molar-refractivity contribution in [3.8, 4) is 16.9 Å². The summed E-state index contributed by atoms with van der Waals surface area (Å²) in [5.74, 6) is 1.81. The third-order valence-electron chi connectivity index (χ3n) is 11.0. The Labute approximate surface area is 294 Å². The van der Waals surface area contributed by atoms with Gasteiger partial charge in [0.1, 0.15) is 17.4 Å². The number of fused-ring (bicyclic) bond motifs is 10. The summed E-state index contributed by atoms with van der Waals surface area (Å²) >= 11 is 0. The summed E-state index contributed by atoms with van der Waals surface area (Å²) in [6.07, 6.45) is 9.18. The van der Waals surface area contributed by atoms with Crippen molar-refractivity contribution in [2.75, 3.05) is 0 Å². The maximum Gasteiger partial charge on any atom is 0.209 e. The zero-order valence-electron chi connectivity index (χ0n) is 29.6. The number of nitrogens with zero attached hydrogens (tertiary/aromatic N) is 1. The van der Waals surface area contributed by atoms with E-state index in [0.29, 0.717) is 11.8 Å². The van der Waals surface area contributed by atoms with Gasteiger partial charge in [-0.05, 0) is 105 Å². The smallest absolute Gasteiger partial charge is 0.209 e. The van der Waals surface area contributed by atoms with Gasteiger partial charge in [-0.2, -0.15) is 0 Å². The molecule has 3 aliphatic rings. The summed E-state index contributed by atoms with van der Waals surface area (Å²) in [5.41, 5.74) is 16.4. The second-order valence-corrected chi connectivity index (χ2v) is 14.9. The largest absolute Gasteiger partial charge is 0.489 e. The fourth-order valence-corrected chi connectivity index (χ4v) is 8.47. The highest BCUT2D eigenvalue weighted by atomic mass is 16.5. The van der Waals surface area contributed by atoms with Crippen LogP contribution in [0.1, 0.15) is 58.2 Å². The third kappa shape index (κ3) is 5.28. The maximum absolute atomic E-state index is 6.65. The molecule has 0 radical (unpaired) electrons. The predicted molar refractivity (Wildman–Crippen MR) is 207 cm³/mol. The molecule has 3 unspecified atom stereocenters. The number of hydrogen-bond acceptors (Lipinski definition) is 2. The van der Waals surface area contributed by atoms with Crippen LogP contribution in [0, 0.1) is 33.6 Å². The van der Waals surface area contributed by atoms with Crippen molar-refractivity contribution in [2.24, 2.45) is 5.92 Å². The lowest BCUT2D eigenvalue weighted by atomic mass is 9.90. The summed E-state index contributed by atoms with van der Waals surface area (Å²) in [6, 6.07) is 35.6. The van der Waals surface area contributed by atoms with Crippen molar-refractivity contribution in [3.05, 3.63) is 160 Å². The molecule has 2 aliphatic carbocycles. The molecule has 5 aromatic carbocycles. The summed E-state index contributed by atoms with van der Waals surface area (Å²) in [6.45, 7) is 11.6. The van der Waals surface area contributed by atoms with E-state index in [1.807, 2.05) is 0 Å². The molecule has 0 spiro atoms. The van der Waals surface area contributed by atoms with Crippen LogP contribution in [0.5, 0.6) is 5.75 Å². The topological polar surface area (TPSA) is 27.3 Å². The number of allylic oxidation sites excluding steroid dienone is 4. The van der Waals surface area contributed by atoms with Gasteiger partial charge in [0.15, 0.2) is 0 Å². The number of ether oxygens (including phenoxy) is 1. The Hall–Kier alpha value is -5.28. The number of aryl methyl sites for hydroxylation is 4. The Morgan fingerprint density at radius 3 is 2.20 bits per heavy atom. The predicted octanol–water partition coefficient (Wildman–Crippen LogP) is 12.1. The van der Waals surface area contributed by atoms with Gasteiger partial charge in [0.05, 0.1) is 16.8 Å². The van der Waals surface area contributed by atoms with Gasteiger partial charge in [-0.1, -0.05) is 107 Å². The van der Waals surface area contributed by atoms with E-state index in [4.69, 9.17) is 9.15 Å². The molecule has 0 fully saturated rings. The minimum absolute atomic E-state index is 0.205. The Balaban J connectivity index is 0.000000374. The molecule has 0 saturated carbocycles. The molecule has 0 amide bonds. The summed E-state index contributed by atoms with van der Waals surface area (Å²) in [5, 5.41) is 3.67. The fourth-order valence-electron chi connectivity index (χ4n) is 8.47. The van der Waals surface area contributed by atoms with E-state index in [1.54, 1.807) is 0 Å². The van der Waals surface area contributed by atoms with Crippen LogP contribution in [-0.2, 0) is 13.0 Å². The highest BCUT2D eigenvalue weighted by Gasteiger charge is 2.41. The first-order chi connectivity index (χ1) is 24.3. The number of benzene rings is 5. The van der Waals surface area contributed by atoms with Gasteiger partial charge >= 0.3 is 0 Å². The second kappa shape index (κ2) is 11.9. The highest BCUT2D eigenvalue weighted by molar-refractivity contribution is 6.19. The lowest BCUT2D eigenvalue weighted by molar-refractivity contribution is 0.230. The van der Waals surface area contributed by atoms with E-state index in [0.717, 1.165) is 36.4 Å². The molecule has 10 rings (SSSR count). The Kier molecular flexibility index (Phi) is 7.35. The van der Waals surface area contributed by atoms with E-state index in [-0.39, 0.29) is 6.10 Å². The molecular weight excluding hydrogens is 611 g/mol. The van der Waals surface area contributed by atoms with Crippen LogP contribution in [0.15, 0.2) is 125 Å². The van der Waals surface area contributed by atoms with Gasteiger partial charge in [-0.15, -0.1) is 0 Å². The Bertz CT molecular complexity index is 2480. The lowest BCUT2D eigenvalue weighted by Crippen LogP contribution is -2.14. The SMILES string of the molecule is CC1=CC(Cn2c3cc(C)ccc3c3c4cc(-c5ccc6c(c5)C5c7ccc(C)cc7CC5O6)ccc4oc32)CC=C1.Cc1ccc(C)cc1. The van der Waals surface area contributed by atoms with Gasteiger partial charge in [-0.3, -0.25) is 0 Å². The van der Waals surface area contributed by atoms with E-state index < -0.39 is 0 Å². The average molecular weight is 654 g/mol. The minimum atomic E-state index is 0.205. The molecule has 0 bridgehead atoms. The van der Waals surface area contributed by atoms with Crippen LogP contribution in [0.25, 0.3) is 44.1 Å². The average Bonchev–Trinajstić information content (AvgIpc) is 3.83. The molecule has 7 aromatic rings. The van der Waals surface area contributed by atoms with Crippen molar-refractivity contribution < 1.29 is 9.15 Å². The van der Waals surface area contributed by atoms with Crippen LogP contribution in [0.4, 0.5) is 0 Å². The fraction of sp³-hybridized carbons (Fsp3) is 0.234. The van der Waals surface area contributed by atoms with Crippen molar-refractivity contribution in [1.82, 2.24) is 4.57 Å². The van der Waals surface area contributed by atoms with E-state index in [1.165, 1.54) is 77.3 Å². The molecule has 3 heterocycles. The quantitative estimate of drug-likeness (QED) is 0.190. The molecule has 1 aliphatic heterocycles. The molecule has 3 atom stereocenters. The van der Waals surface area contributed by atoms with Crippen LogP contribution < -0.4 is 4.74 Å². The maximum atomic E-state index is 6.65. The molecule has 50 heavy (non-hydrogen) atoms. The molecular formula is C47H43NO2. The standard InChI is InChI=1S/C39H33NO2.C8H10/c1-22-5-4-6-25(15-22)21-40-33-17-24(3)8-12-30(33)38-32-19-27(10-14-35(32)42-39(38)40)26-9-13-34-31(18-26)37-29-11-7-23(2)16-28(29)20-36(37)41-34;1-7-3-5-8(2)6-4-7/h4-5,7-19,25,36-37H,6,20-21H2,1-3H3;3-6H,1-2H3. The molecule has 248 valence electrons. The van der Waals surface area contributed by atoms with Gasteiger partial charge in [-0.25, -0.2) is 0 Å². The van der Waals surface area contributed by atoms with Crippen LogP contribution in [0.2, 0.25) is 0 Å². The third-order valence-corrected chi connectivity index (χ3v) is 11.0. The van der Waals surface area contributed by atoms with Gasteiger partial charge in [0, 0.05) is 29.3 Å².